The van der Waals surface area contributed by atoms with Gasteiger partial charge in [0, 0.05) is 23.0 Å². The van der Waals surface area contributed by atoms with Crippen molar-refractivity contribution in [2.75, 3.05) is 4.90 Å². The molecule has 0 saturated carbocycles. The quantitative estimate of drug-likeness (QED) is 0.900. The number of nitrogens with zero attached hydrogens (tertiary/aromatic N) is 1. The number of rotatable bonds is 3. The van der Waals surface area contributed by atoms with Crippen LogP contribution in [0.25, 0.3) is 0 Å². The fourth-order valence-electron chi connectivity index (χ4n) is 3.14. The molecule has 0 aromatic heterocycles. The normalized spacial score (nSPS) is 18.9. The third kappa shape index (κ3) is 2.10. The number of hydrogen-bond acceptors (Lipinski definition) is 2. The zero-order valence-corrected chi connectivity index (χ0v) is 12.1. The highest BCUT2D eigenvalue weighted by Crippen LogP contribution is 2.41. The molecule has 0 amide bonds. The van der Waals surface area contributed by atoms with E-state index in [2.05, 4.69) is 48.2 Å². The van der Waals surface area contributed by atoms with Crippen LogP contribution < -0.4 is 4.90 Å². The van der Waals surface area contributed by atoms with Gasteiger partial charge >= 0.3 is 0 Å². The van der Waals surface area contributed by atoms with E-state index >= 15 is 0 Å². The molecule has 2 atom stereocenters. The average Bonchev–Trinajstić information content (AvgIpc) is 2.82. The van der Waals surface area contributed by atoms with Crippen molar-refractivity contribution in [2.24, 2.45) is 0 Å². The Morgan fingerprint density at radius 1 is 1.10 bits per heavy atom. The van der Waals surface area contributed by atoms with Crippen LogP contribution in [-0.4, -0.2) is 11.1 Å². The molecule has 1 aliphatic rings. The van der Waals surface area contributed by atoms with Crippen molar-refractivity contribution in [1.29, 1.82) is 0 Å². The van der Waals surface area contributed by atoms with E-state index in [1.54, 1.807) is 0 Å². The van der Waals surface area contributed by atoms with Gasteiger partial charge in [0.05, 0.1) is 6.10 Å². The van der Waals surface area contributed by atoms with Crippen LogP contribution in [0.15, 0.2) is 48.5 Å². The Balaban J connectivity index is 2.10. The lowest BCUT2D eigenvalue weighted by molar-refractivity contribution is 0.174. The van der Waals surface area contributed by atoms with Crippen molar-refractivity contribution < 1.29 is 5.11 Å². The van der Waals surface area contributed by atoms with Gasteiger partial charge in [-0.15, -0.1) is 0 Å². The minimum Gasteiger partial charge on any atom is -0.388 e. The molecule has 2 aromatic carbocycles. The zero-order valence-electron chi connectivity index (χ0n) is 12.1. The molecule has 1 N–H and O–H groups in total. The summed E-state index contributed by atoms with van der Waals surface area (Å²) in [5.74, 6) is 0. The molecule has 0 spiro atoms. The van der Waals surface area contributed by atoms with Crippen LogP contribution in [0.2, 0.25) is 0 Å². The molecule has 20 heavy (non-hydrogen) atoms. The van der Waals surface area contributed by atoms with Gasteiger partial charge in [0.25, 0.3) is 0 Å². The lowest BCUT2D eigenvalue weighted by Gasteiger charge is -2.28. The van der Waals surface area contributed by atoms with Crippen molar-refractivity contribution in [3.8, 4) is 0 Å². The van der Waals surface area contributed by atoms with Crippen molar-refractivity contribution in [3.63, 3.8) is 0 Å². The highest BCUT2D eigenvalue weighted by Gasteiger charge is 2.28. The van der Waals surface area contributed by atoms with Crippen molar-refractivity contribution in [2.45, 2.75) is 38.8 Å². The van der Waals surface area contributed by atoms with Crippen molar-refractivity contribution in [1.82, 2.24) is 0 Å². The number of aliphatic hydroxyl groups is 1. The van der Waals surface area contributed by atoms with Crippen LogP contribution >= 0.6 is 0 Å². The molecule has 0 radical (unpaired) electrons. The summed E-state index contributed by atoms with van der Waals surface area (Å²) >= 11 is 0. The standard InChI is InChI=1S/C18H21NO/c1-3-18(20)15-9-5-7-11-17(15)19-13(2)12-14-8-4-6-10-16(14)19/h4-11,13,18,20H,3,12H2,1-2H3. The Kier molecular flexibility index (Phi) is 3.49. The van der Waals surface area contributed by atoms with E-state index in [1.165, 1.54) is 11.3 Å². The predicted octanol–water partition coefficient (Wildman–Crippen LogP) is 4.21. The molecule has 2 nitrogen and oxygen atoms in total. The smallest absolute Gasteiger partial charge is 0.0807 e. The Morgan fingerprint density at radius 2 is 1.75 bits per heavy atom. The SMILES string of the molecule is CCC(O)c1ccccc1N1c2ccccc2CC1C. The molecule has 0 fully saturated rings. The highest BCUT2D eigenvalue weighted by molar-refractivity contribution is 5.73. The number of fused-ring (bicyclic) bond motifs is 1. The molecule has 0 bridgehead atoms. The minimum absolute atomic E-state index is 0.397. The van der Waals surface area contributed by atoms with Crippen molar-refractivity contribution in [3.05, 3.63) is 59.7 Å². The van der Waals surface area contributed by atoms with Gasteiger partial charge in [-0.2, -0.15) is 0 Å². The van der Waals surface area contributed by atoms with Crippen LogP contribution in [0.5, 0.6) is 0 Å². The molecule has 0 aliphatic carbocycles. The fourth-order valence-corrected chi connectivity index (χ4v) is 3.14. The van der Waals surface area contributed by atoms with Crippen LogP contribution in [0.3, 0.4) is 0 Å². The van der Waals surface area contributed by atoms with E-state index in [9.17, 15) is 5.11 Å². The summed E-state index contributed by atoms with van der Waals surface area (Å²) in [7, 11) is 0. The van der Waals surface area contributed by atoms with Gasteiger partial charge < -0.3 is 10.0 Å². The van der Waals surface area contributed by atoms with Gasteiger partial charge in [-0.25, -0.2) is 0 Å². The zero-order chi connectivity index (χ0) is 14.1. The summed E-state index contributed by atoms with van der Waals surface area (Å²) in [6.07, 6.45) is 1.40. The number of aliphatic hydroxyl groups excluding tert-OH is 1. The largest absolute Gasteiger partial charge is 0.388 e. The van der Waals surface area contributed by atoms with E-state index in [0.717, 1.165) is 24.1 Å². The van der Waals surface area contributed by atoms with Crippen LogP contribution in [0, 0.1) is 0 Å². The molecule has 2 heteroatoms. The molecule has 0 saturated heterocycles. The first-order chi connectivity index (χ1) is 9.72. The maximum Gasteiger partial charge on any atom is 0.0807 e. The first kappa shape index (κ1) is 13.2. The fraction of sp³-hybridized carbons (Fsp3) is 0.333. The Labute approximate surface area is 120 Å². The summed E-state index contributed by atoms with van der Waals surface area (Å²) in [5, 5.41) is 10.3. The highest BCUT2D eigenvalue weighted by atomic mass is 16.3. The molecule has 2 unspecified atom stereocenters. The minimum atomic E-state index is -0.397. The molecule has 1 heterocycles. The summed E-state index contributed by atoms with van der Waals surface area (Å²) in [6.45, 7) is 4.26. The number of para-hydroxylation sites is 2. The van der Waals surface area contributed by atoms with Crippen molar-refractivity contribution >= 4 is 11.4 Å². The first-order valence-electron chi connectivity index (χ1n) is 7.36. The Bertz CT molecular complexity index is 608. The van der Waals surface area contributed by atoms with Gasteiger partial charge in [0.1, 0.15) is 0 Å². The van der Waals surface area contributed by atoms with Gasteiger partial charge in [0.2, 0.25) is 0 Å². The summed E-state index contributed by atoms with van der Waals surface area (Å²) < 4.78 is 0. The van der Waals surface area contributed by atoms with Gasteiger partial charge in [-0.3, -0.25) is 0 Å². The van der Waals surface area contributed by atoms with Crippen LogP contribution in [0.1, 0.15) is 37.5 Å². The van der Waals surface area contributed by atoms with E-state index in [4.69, 9.17) is 0 Å². The first-order valence-corrected chi connectivity index (χ1v) is 7.36. The predicted molar refractivity (Wildman–Crippen MR) is 83.4 cm³/mol. The Hall–Kier alpha value is -1.80. The number of anilines is 2. The van der Waals surface area contributed by atoms with Gasteiger partial charge in [-0.05, 0) is 37.5 Å². The average molecular weight is 267 g/mol. The van der Waals surface area contributed by atoms with E-state index in [1.807, 2.05) is 19.1 Å². The van der Waals surface area contributed by atoms with Crippen LogP contribution in [-0.2, 0) is 6.42 Å². The lowest BCUT2D eigenvalue weighted by atomic mass is 10.0. The van der Waals surface area contributed by atoms with Crippen LogP contribution in [0.4, 0.5) is 11.4 Å². The topological polar surface area (TPSA) is 23.5 Å². The number of hydrogen-bond donors (Lipinski definition) is 1. The maximum atomic E-state index is 10.3. The van der Waals surface area contributed by atoms with E-state index < -0.39 is 6.10 Å². The summed E-state index contributed by atoms with van der Waals surface area (Å²) in [4.78, 5) is 2.36. The lowest BCUT2D eigenvalue weighted by Crippen LogP contribution is -2.25. The van der Waals surface area contributed by atoms with E-state index in [-0.39, 0.29) is 0 Å². The maximum absolute atomic E-state index is 10.3. The second kappa shape index (κ2) is 5.29. The molecule has 104 valence electrons. The number of benzene rings is 2. The molecular weight excluding hydrogens is 246 g/mol. The van der Waals surface area contributed by atoms with E-state index in [0.29, 0.717) is 6.04 Å². The second-order valence-electron chi connectivity index (χ2n) is 5.53. The summed E-state index contributed by atoms with van der Waals surface area (Å²) in [6, 6.07) is 17.2. The molecule has 2 aromatic rings. The summed E-state index contributed by atoms with van der Waals surface area (Å²) in [5.41, 5.74) is 4.83. The van der Waals surface area contributed by atoms with Gasteiger partial charge in [-0.1, -0.05) is 43.3 Å². The third-order valence-corrected chi connectivity index (χ3v) is 4.15. The Morgan fingerprint density at radius 3 is 2.50 bits per heavy atom. The molecular formula is C18H21NO. The second-order valence-corrected chi connectivity index (χ2v) is 5.53. The molecule has 3 rings (SSSR count). The molecule has 1 aliphatic heterocycles. The third-order valence-electron chi connectivity index (χ3n) is 4.15. The van der Waals surface area contributed by atoms with Gasteiger partial charge in [0.15, 0.2) is 0 Å². The monoisotopic (exact) mass is 267 g/mol.